The summed E-state index contributed by atoms with van der Waals surface area (Å²) < 4.78 is 43.8. The largest absolute Gasteiger partial charge is 0.490 e. The summed E-state index contributed by atoms with van der Waals surface area (Å²) in [4.78, 5) is 27.8. The fraction of sp³-hybridized carbons (Fsp3) is 0.409. The number of pyridine rings is 1. The van der Waals surface area contributed by atoms with Crippen molar-refractivity contribution in [1.82, 2.24) is 9.88 Å². The van der Waals surface area contributed by atoms with Gasteiger partial charge < -0.3 is 19.5 Å². The van der Waals surface area contributed by atoms with E-state index in [0.29, 0.717) is 19.0 Å². The molecule has 2 fully saturated rings. The molecule has 7 nitrogen and oxygen atoms in total. The minimum Gasteiger partial charge on any atom is -0.475 e. The molecule has 0 aliphatic carbocycles. The number of halogens is 3. The Morgan fingerprint density at radius 2 is 1.84 bits per heavy atom. The lowest BCUT2D eigenvalue weighted by Crippen LogP contribution is -2.50. The summed E-state index contributed by atoms with van der Waals surface area (Å²) in [5.74, 6) is -2.05. The van der Waals surface area contributed by atoms with Crippen LogP contribution in [0.15, 0.2) is 54.7 Å². The number of nitrogens with zero attached hydrogens (tertiary/aromatic N) is 2. The van der Waals surface area contributed by atoms with E-state index in [9.17, 15) is 18.0 Å². The van der Waals surface area contributed by atoms with Gasteiger partial charge in [-0.1, -0.05) is 24.3 Å². The molecule has 1 amide bonds. The van der Waals surface area contributed by atoms with Crippen molar-refractivity contribution in [2.45, 2.75) is 37.1 Å². The Bertz CT molecular complexity index is 911. The topological polar surface area (TPSA) is 89.0 Å². The van der Waals surface area contributed by atoms with Gasteiger partial charge in [0.1, 0.15) is 6.10 Å². The van der Waals surface area contributed by atoms with Gasteiger partial charge in [0.15, 0.2) is 0 Å². The van der Waals surface area contributed by atoms with Crippen LogP contribution in [0.1, 0.15) is 29.6 Å². The van der Waals surface area contributed by atoms with Gasteiger partial charge in [-0.25, -0.2) is 9.78 Å². The molecular weight excluding hydrogens is 429 g/mol. The van der Waals surface area contributed by atoms with E-state index in [-0.39, 0.29) is 17.6 Å². The van der Waals surface area contributed by atoms with Crippen LogP contribution in [0.4, 0.5) is 13.2 Å². The number of aromatic nitrogens is 1. The Hall–Kier alpha value is -3.14. The summed E-state index contributed by atoms with van der Waals surface area (Å²) in [5, 5.41) is 7.12. The van der Waals surface area contributed by atoms with Crippen LogP contribution in [-0.2, 0) is 9.53 Å². The Balaban J connectivity index is 0.000000360. The third kappa shape index (κ3) is 6.19. The highest BCUT2D eigenvalue weighted by atomic mass is 19.4. The van der Waals surface area contributed by atoms with Gasteiger partial charge in [0.2, 0.25) is 5.88 Å². The molecular formula is C22H23F3N2O5. The summed E-state index contributed by atoms with van der Waals surface area (Å²) in [7, 11) is 0. The van der Waals surface area contributed by atoms with Crippen molar-refractivity contribution in [3.05, 3.63) is 60.3 Å². The van der Waals surface area contributed by atoms with Gasteiger partial charge in [-0.15, -0.1) is 0 Å². The minimum absolute atomic E-state index is 0.0123. The highest BCUT2D eigenvalue weighted by Gasteiger charge is 2.45. The number of amides is 1. The molecule has 2 aliphatic heterocycles. The van der Waals surface area contributed by atoms with E-state index in [2.05, 4.69) is 4.98 Å². The first-order valence-corrected chi connectivity index (χ1v) is 10.0. The van der Waals surface area contributed by atoms with Crippen LogP contribution in [-0.4, -0.2) is 64.4 Å². The number of piperidine rings is 1. The van der Waals surface area contributed by atoms with Gasteiger partial charge in [-0.05, 0) is 31.0 Å². The fourth-order valence-corrected chi connectivity index (χ4v) is 3.78. The van der Waals surface area contributed by atoms with Crippen molar-refractivity contribution in [3.63, 3.8) is 0 Å². The summed E-state index contributed by atoms with van der Waals surface area (Å²) in [6, 6.07) is 15.1. The summed E-state index contributed by atoms with van der Waals surface area (Å²) >= 11 is 0. The Labute approximate surface area is 182 Å². The number of rotatable bonds is 3. The second kappa shape index (κ2) is 9.99. The SMILES string of the molecule is O=C(O)C(F)(F)F.O=C(c1ccccc1)N1CCC[C@]2(C[C@H](Oc3ccccn3)CO2)C1. The van der Waals surface area contributed by atoms with Gasteiger partial charge in [0.05, 0.1) is 18.8 Å². The van der Waals surface area contributed by atoms with Gasteiger partial charge in [-0.2, -0.15) is 13.2 Å². The van der Waals surface area contributed by atoms with Gasteiger partial charge in [-0.3, -0.25) is 4.79 Å². The number of aliphatic carboxylic acids is 1. The zero-order valence-electron chi connectivity index (χ0n) is 17.1. The molecule has 10 heteroatoms. The van der Waals surface area contributed by atoms with E-state index in [1.165, 1.54) is 0 Å². The quantitative estimate of drug-likeness (QED) is 0.766. The maximum atomic E-state index is 12.7. The standard InChI is InChI=1S/C20H22N2O3.C2HF3O2/c23-19(16-7-2-1-3-8-16)22-12-6-10-20(15-22)13-17(14-24-20)25-18-9-4-5-11-21-18;3-2(4,5)1(6)7/h1-5,7-9,11,17H,6,10,12-15H2;(H,6,7)/t17-,20-;/m0./s1. The van der Waals surface area contributed by atoms with Crippen LogP contribution in [0.25, 0.3) is 0 Å². The molecule has 0 saturated carbocycles. The van der Waals surface area contributed by atoms with E-state index in [1.807, 2.05) is 53.4 Å². The molecule has 2 aliphatic rings. The molecule has 1 N–H and O–H groups in total. The van der Waals surface area contributed by atoms with Crippen LogP contribution in [0.3, 0.4) is 0 Å². The second-order valence-corrected chi connectivity index (χ2v) is 7.61. The molecule has 0 radical (unpaired) electrons. The number of hydrogen-bond donors (Lipinski definition) is 1. The normalized spacial score (nSPS) is 22.7. The molecule has 32 heavy (non-hydrogen) atoms. The van der Waals surface area contributed by atoms with Crippen LogP contribution >= 0.6 is 0 Å². The monoisotopic (exact) mass is 452 g/mol. The van der Waals surface area contributed by atoms with Crippen molar-refractivity contribution in [1.29, 1.82) is 0 Å². The summed E-state index contributed by atoms with van der Waals surface area (Å²) in [5.41, 5.74) is 0.445. The number of likely N-dealkylation sites (tertiary alicyclic amines) is 1. The van der Waals surface area contributed by atoms with Crippen molar-refractivity contribution < 1.29 is 37.3 Å². The smallest absolute Gasteiger partial charge is 0.475 e. The van der Waals surface area contributed by atoms with E-state index < -0.39 is 12.1 Å². The molecule has 0 bridgehead atoms. The van der Waals surface area contributed by atoms with E-state index in [1.54, 1.807) is 6.20 Å². The summed E-state index contributed by atoms with van der Waals surface area (Å²) in [6.07, 6.45) is -0.659. The maximum Gasteiger partial charge on any atom is 0.490 e. The van der Waals surface area contributed by atoms with Gasteiger partial charge >= 0.3 is 12.1 Å². The fourth-order valence-electron chi connectivity index (χ4n) is 3.78. The number of carbonyl (C=O) groups excluding carboxylic acids is 1. The van der Waals surface area contributed by atoms with Crippen molar-refractivity contribution in [3.8, 4) is 5.88 Å². The molecule has 0 unspecified atom stereocenters. The molecule has 2 aromatic rings. The number of hydrogen-bond acceptors (Lipinski definition) is 5. The summed E-state index contributed by atoms with van der Waals surface area (Å²) in [6.45, 7) is 1.96. The lowest BCUT2D eigenvalue weighted by Gasteiger charge is -2.39. The van der Waals surface area contributed by atoms with Crippen LogP contribution in [0, 0.1) is 0 Å². The lowest BCUT2D eigenvalue weighted by molar-refractivity contribution is -0.192. The second-order valence-electron chi connectivity index (χ2n) is 7.61. The lowest BCUT2D eigenvalue weighted by atomic mass is 9.89. The van der Waals surface area contributed by atoms with Crippen molar-refractivity contribution in [2.75, 3.05) is 19.7 Å². The molecule has 172 valence electrons. The molecule has 1 spiro atoms. The molecule has 2 atom stereocenters. The first-order valence-electron chi connectivity index (χ1n) is 10.0. The Morgan fingerprint density at radius 1 is 1.16 bits per heavy atom. The van der Waals surface area contributed by atoms with Gasteiger partial charge in [0, 0.05) is 30.8 Å². The number of benzene rings is 1. The molecule has 2 saturated heterocycles. The number of carbonyl (C=O) groups is 2. The number of ether oxygens (including phenoxy) is 2. The average molecular weight is 452 g/mol. The van der Waals surface area contributed by atoms with Crippen LogP contribution in [0.5, 0.6) is 5.88 Å². The first kappa shape index (κ1) is 23.5. The molecule has 1 aromatic carbocycles. The number of carboxylic acid groups (broad SMARTS) is 1. The number of carboxylic acids is 1. The molecule has 1 aromatic heterocycles. The van der Waals surface area contributed by atoms with E-state index in [4.69, 9.17) is 19.4 Å². The van der Waals surface area contributed by atoms with Crippen molar-refractivity contribution >= 4 is 11.9 Å². The highest BCUT2D eigenvalue weighted by molar-refractivity contribution is 5.94. The van der Waals surface area contributed by atoms with E-state index in [0.717, 1.165) is 31.4 Å². The predicted molar refractivity (Wildman–Crippen MR) is 107 cm³/mol. The zero-order valence-corrected chi connectivity index (χ0v) is 17.1. The number of alkyl halides is 3. The third-order valence-corrected chi connectivity index (χ3v) is 5.19. The van der Waals surface area contributed by atoms with Crippen LogP contribution in [0.2, 0.25) is 0 Å². The highest BCUT2D eigenvalue weighted by Crippen LogP contribution is 2.36. The third-order valence-electron chi connectivity index (χ3n) is 5.19. The van der Waals surface area contributed by atoms with E-state index >= 15 is 0 Å². The molecule has 4 rings (SSSR count). The predicted octanol–water partition coefficient (Wildman–Crippen LogP) is 3.56. The first-order chi connectivity index (χ1) is 15.2. The Kier molecular flexibility index (Phi) is 7.34. The average Bonchev–Trinajstić information content (AvgIpc) is 3.15. The zero-order chi connectivity index (χ0) is 23.2. The Morgan fingerprint density at radius 3 is 2.47 bits per heavy atom. The maximum absolute atomic E-state index is 12.7. The van der Waals surface area contributed by atoms with Crippen LogP contribution < -0.4 is 4.74 Å². The van der Waals surface area contributed by atoms with Crippen molar-refractivity contribution in [2.24, 2.45) is 0 Å². The minimum atomic E-state index is -5.08. The van der Waals surface area contributed by atoms with Gasteiger partial charge in [0.25, 0.3) is 5.91 Å². The molecule has 3 heterocycles.